The number of nitrogens with one attached hydrogen (secondary N) is 2. The summed E-state index contributed by atoms with van der Waals surface area (Å²) in [5.41, 5.74) is 0.244. The predicted octanol–water partition coefficient (Wildman–Crippen LogP) is 4.95. The van der Waals surface area contributed by atoms with Crippen molar-refractivity contribution in [2.24, 2.45) is 5.10 Å². The number of anilines is 1. The van der Waals surface area contributed by atoms with E-state index < -0.39 is 58.2 Å². The van der Waals surface area contributed by atoms with Gasteiger partial charge >= 0.3 is 24.2 Å². The van der Waals surface area contributed by atoms with Crippen LogP contribution in [0.15, 0.2) is 23.3 Å². The Bertz CT molecular complexity index is 1240. The van der Waals surface area contributed by atoms with E-state index >= 15 is 4.39 Å². The first kappa shape index (κ1) is 36.6. The molecule has 2 rings (SSSR count). The summed E-state index contributed by atoms with van der Waals surface area (Å²) in [6.45, 7) is 15.5. The number of ether oxygens (including phenoxy) is 5. The number of rotatable bonds is 9. The second kappa shape index (κ2) is 14.9. The quantitative estimate of drug-likeness (QED) is 0.124. The van der Waals surface area contributed by atoms with Crippen molar-refractivity contribution >= 4 is 46.7 Å². The zero-order chi connectivity index (χ0) is 33.5. The average Bonchev–Trinajstić information content (AvgIpc) is 3.24. The maximum Gasteiger partial charge on any atom is 0.428 e. The lowest BCUT2D eigenvalue weighted by Gasteiger charge is -2.23. The van der Waals surface area contributed by atoms with Crippen LogP contribution >= 0.6 is 11.8 Å². The van der Waals surface area contributed by atoms with Crippen molar-refractivity contribution in [1.29, 1.82) is 0 Å². The van der Waals surface area contributed by atoms with Crippen molar-refractivity contribution < 1.29 is 47.3 Å². The van der Waals surface area contributed by atoms with E-state index in [2.05, 4.69) is 15.8 Å². The number of benzene rings is 1. The van der Waals surface area contributed by atoms with Crippen LogP contribution < -0.4 is 15.6 Å². The van der Waals surface area contributed by atoms with Gasteiger partial charge in [0.25, 0.3) is 0 Å². The van der Waals surface area contributed by atoms with Crippen molar-refractivity contribution in [3.8, 4) is 0 Å². The highest BCUT2D eigenvalue weighted by molar-refractivity contribution is 8.15. The van der Waals surface area contributed by atoms with Crippen LogP contribution in [0.4, 0.5) is 24.5 Å². The molecule has 1 fully saturated rings. The first-order chi connectivity index (χ1) is 20.2. The number of nitrogens with zero attached hydrogens (tertiary/aromatic N) is 2. The Morgan fingerprint density at radius 2 is 1.66 bits per heavy atom. The number of hydrogen-bond donors (Lipinski definition) is 2. The topological polar surface area (TPSA) is 154 Å². The van der Waals surface area contributed by atoms with Gasteiger partial charge in [-0.05, 0) is 80.5 Å². The summed E-state index contributed by atoms with van der Waals surface area (Å²) >= 11 is 0.825. The SMILES string of the molecule is COC(=O)C(COC(C)(C)C)SC(=NNC(=O)OC(C)(C)C)c1ccc(N2C[C@H](CNC(=O)OC(C)(C)C)OC2=O)cc1F. The molecule has 1 aliphatic heterocycles. The summed E-state index contributed by atoms with van der Waals surface area (Å²) in [6, 6.07) is 3.92. The molecular formula is C29H43FN4O9S. The Hall–Kier alpha value is -3.59. The number of cyclic esters (lactones) is 1. The van der Waals surface area contributed by atoms with Crippen LogP contribution in [-0.4, -0.2) is 84.3 Å². The Morgan fingerprint density at radius 1 is 1.05 bits per heavy atom. The summed E-state index contributed by atoms with van der Waals surface area (Å²) in [4.78, 5) is 50.7. The predicted molar refractivity (Wildman–Crippen MR) is 163 cm³/mol. The van der Waals surface area contributed by atoms with Crippen molar-refractivity contribution in [3.05, 3.63) is 29.6 Å². The van der Waals surface area contributed by atoms with Crippen LogP contribution in [0.1, 0.15) is 67.9 Å². The standard InChI is InChI=1S/C29H43FN4O9S/c1-27(2,3)40-16-21(23(35)39-10)44-22(32-33-25(37)43-29(7,8)9)19-12-11-17(13-20(19)30)34-15-18(41-26(34)38)14-31-24(36)42-28(4,5)6/h11-13,18,21H,14-16H2,1-10H3,(H,31,36)(H,33,37)/t18-,21?/m0/s1. The van der Waals surface area contributed by atoms with Gasteiger partial charge < -0.3 is 29.0 Å². The van der Waals surface area contributed by atoms with Gasteiger partial charge in [-0.25, -0.2) is 24.2 Å². The minimum atomic E-state index is -0.968. The highest BCUT2D eigenvalue weighted by atomic mass is 32.2. The van der Waals surface area contributed by atoms with Crippen LogP contribution in [0, 0.1) is 5.82 Å². The molecule has 2 atom stereocenters. The summed E-state index contributed by atoms with van der Waals surface area (Å²) in [6.07, 6.45) is -2.98. The monoisotopic (exact) mass is 642 g/mol. The summed E-state index contributed by atoms with van der Waals surface area (Å²) in [5, 5.41) is 5.56. The highest BCUT2D eigenvalue weighted by Crippen LogP contribution is 2.28. The molecule has 0 bridgehead atoms. The van der Waals surface area contributed by atoms with E-state index in [0.29, 0.717) is 0 Å². The molecule has 1 saturated heterocycles. The lowest BCUT2D eigenvalue weighted by atomic mass is 10.2. The molecule has 0 radical (unpaired) electrons. The summed E-state index contributed by atoms with van der Waals surface area (Å²) in [7, 11) is 1.21. The molecule has 1 aliphatic rings. The van der Waals surface area contributed by atoms with Gasteiger partial charge in [0.2, 0.25) is 0 Å². The Morgan fingerprint density at radius 3 is 2.20 bits per heavy atom. The van der Waals surface area contributed by atoms with Crippen LogP contribution in [-0.2, 0) is 28.5 Å². The van der Waals surface area contributed by atoms with Crippen LogP contribution in [0.25, 0.3) is 0 Å². The Labute approximate surface area is 261 Å². The largest absolute Gasteiger partial charge is 0.468 e. The van der Waals surface area contributed by atoms with Gasteiger partial charge in [0.15, 0.2) is 0 Å². The zero-order valence-electron chi connectivity index (χ0n) is 26.9. The second-order valence-electron chi connectivity index (χ2n) is 12.7. The molecular weight excluding hydrogens is 599 g/mol. The maximum absolute atomic E-state index is 15.7. The van der Waals surface area contributed by atoms with Gasteiger partial charge in [-0.3, -0.25) is 9.69 Å². The molecule has 15 heteroatoms. The molecule has 44 heavy (non-hydrogen) atoms. The lowest BCUT2D eigenvalue weighted by molar-refractivity contribution is -0.142. The molecule has 246 valence electrons. The molecule has 1 aromatic rings. The summed E-state index contributed by atoms with van der Waals surface area (Å²) < 4.78 is 42.1. The number of alkyl carbamates (subject to hydrolysis) is 1. The average molecular weight is 643 g/mol. The van der Waals surface area contributed by atoms with Gasteiger partial charge in [0.1, 0.15) is 33.4 Å². The van der Waals surface area contributed by atoms with Crippen LogP contribution in [0.5, 0.6) is 0 Å². The zero-order valence-corrected chi connectivity index (χ0v) is 27.7. The molecule has 1 heterocycles. The van der Waals surface area contributed by atoms with Crippen molar-refractivity contribution in [1.82, 2.24) is 10.7 Å². The number of hydrogen-bond acceptors (Lipinski definition) is 11. The maximum atomic E-state index is 15.7. The van der Waals surface area contributed by atoms with Crippen molar-refractivity contribution in [3.63, 3.8) is 0 Å². The first-order valence-corrected chi connectivity index (χ1v) is 14.8. The molecule has 0 aliphatic carbocycles. The number of thioether (sulfide) groups is 1. The third-order valence-corrected chi connectivity index (χ3v) is 6.42. The molecule has 0 spiro atoms. The molecule has 0 saturated carbocycles. The molecule has 0 aromatic heterocycles. The van der Waals surface area contributed by atoms with Gasteiger partial charge in [-0.2, -0.15) is 5.10 Å². The molecule has 2 N–H and O–H groups in total. The van der Waals surface area contributed by atoms with E-state index in [0.717, 1.165) is 17.8 Å². The van der Waals surface area contributed by atoms with Crippen molar-refractivity contribution in [2.45, 2.75) is 90.5 Å². The Balaban J connectivity index is 2.30. The molecule has 3 amide bonds. The number of hydrazone groups is 1. The van der Waals surface area contributed by atoms with E-state index in [-0.39, 0.29) is 36.0 Å². The molecule has 1 aromatic carbocycles. The fraction of sp³-hybridized carbons (Fsp3) is 0.621. The number of carbonyl (C=O) groups is 4. The number of methoxy groups -OCH3 is 1. The minimum absolute atomic E-state index is 0.00689. The first-order valence-electron chi connectivity index (χ1n) is 13.9. The van der Waals surface area contributed by atoms with Gasteiger partial charge in [0.05, 0.1) is 38.1 Å². The fourth-order valence-electron chi connectivity index (χ4n) is 3.48. The number of amides is 3. The van der Waals surface area contributed by atoms with Crippen LogP contribution in [0.3, 0.4) is 0 Å². The second-order valence-corrected chi connectivity index (χ2v) is 13.9. The van der Waals surface area contributed by atoms with E-state index in [1.54, 1.807) is 41.5 Å². The molecule has 1 unspecified atom stereocenters. The number of halogens is 1. The van der Waals surface area contributed by atoms with E-state index in [1.165, 1.54) is 24.1 Å². The normalized spacial score (nSPS) is 16.6. The summed E-state index contributed by atoms with van der Waals surface area (Å²) in [5.74, 6) is -1.45. The van der Waals surface area contributed by atoms with Crippen molar-refractivity contribution in [2.75, 3.05) is 31.7 Å². The van der Waals surface area contributed by atoms with E-state index in [9.17, 15) is 19.2 Å². The minimum Gasteiger partial charge on any atom is -0.468 e. The highest BCUT2D eigenvalue weighted by Gasteiger charge is 2.34. The van der Waals surface area contributed by atoms with E-state index in [4.69, 9.17) is 23.7 Å². The van der Waals surface area contributed by atoms with Gasteiger partial charge in [-0.15, -0.1) is 0 Å². The third-order valence-electron chi connectivity index (χ3n) is 5.28. The number of carbonyl (C=O) groups excluding carboxylic acids is 4. The molecule has 13 nitrogen and oxygen atoms in total. The van der Waals surface area contributed by atoms with Gasteiger partial charge in [0, 0.05) is 5.56 Å². The smallest absolute Gasteiger partial charge is 0.428 e. The fourth-order valence-corrected chi connectivity index (χ4v) is 4.47. The number of esters is 1. The lowest BCUT2D eigenvalue weighted by Crippen LogP contribution is -2.38. The third kappa shape index (κ3) is 12.6. The van der Waals surface area contributed by atoms with Crippen LogP contribution in [0.2, 0.25) is 0 Å². The van der Waals surface area contributed by atoms with E-state index in [1.807, 2.05) is 20.8 Å². The van der Waals surface area contributed by atoms with Gasteiger partial charge in [-0.1, -0.05) is 11.8 Å². The Kier molecular flexibility index (Phi) is 12.4.